The first-order chi connectivity index (χ1) is 14.8. The van der Waals surface area contributed by atoms with E-state index in [0.29, 0.717) is 33.0 Å². The van der Waals surface area contributed by atoms with Gasteiger partial charge in [-0.05, 0) is 61.9 Å². The molecule has 0 saturated heterocycles. The molecule has 0 aliphatic rings. The van der Waals surface area contributed by atoms with E-state index in [1.807, 2.05) is 24.3 Å². The molecule has 0 spiro atoms. The molecule has 0 N–H and O–H groups in total. The maximum absolute atomic E-state index is 13.7. The lowest BCUT2D eigenvalue weighted by Crippen LogP contribution is -2.48. The van der Waals surface area contributed by atoms with E-state index in [2.05, 4.69) is 9.97 Å². The van der Waals surface area contributed by atoms with Crippen molar-refractivity contribution in [3.05, 3.63) is 82.6 Å². The van der Waals surface area contributed by atoms with Crippen molar-refractivity contribution >= 4 is 55.8 Å². The molecule has 0 fully saturated rings. The third kappa shape index (κ3) is 4.82. The summed E-state index contributed by atoms with van der Waals surface area (Å²) >= 11 is 13.7. The molecule has 4 rings (SSSR count). The highest BCUT2D eigenvalue weighted by atomic mass is 35.5. The van der Waals surface area contributed by atoms with Gasteiger partial charge in [0.2, 0.25) is 0 Å². The molecule has 4 aromatic rings. The van der Waals surface area contributed by atoms with Crippen LogP contribution in [0.15, 0.2) is 67.0 Å². The predicted molar refractivity (Wildman–Crippen MR) is 126 cm³/mol. The summed E-state index contributed by atoms with van der Waals surface area (Å²) in [5.74, 6) is 0.318. The van der Waals surface area contributed by atoms with Crippen molar-refractivity contribution in [1.82, 2.24) is 9.97 Å². The summed E-state index contributed by atoms with van der Waals surface area (Å²) < 4.78 is 6.95. The second kappa shape index (κ2) is 8.83. The van der Waals surface area contributed by atoms with Gasteiger partial charge in [-0.25, -0.2) is 4.98 Å². The summed E-state index contributed by atoms with van der Waals surface area (Å²) in [4.78, 5) is 24.1. The van der Waals surface area contributed by atoms with Crippen LogP contribution in [-0.2, 0) is 11.3 Å². The van der Waals surface area contributed by atoms with Crippen LogP contribution < -0.4 is 9.64 Å². The average molecular weight is 472 g/mol. The van der Waals surface area contributed by atoms with E-state index >= 15 is 0 Å². The van der Waals surface area contributed by atoms with Gasteiger partial charge in [0.05, 0.1) is 16.3 Å². The van der Waals surface area contributed by atoms with E-state index in [9.17, 15) is 4.79 Å². The number of pyridine rings is 1. The smallest absolute Gasteiger partial charge is 0.272 e. The standard InChI is InChI=1S/C23H19Cl2N3O2S/c1-23(2,30-17-10-8-16(24)9-11-17)21(29)28(14-15-5-4-12-26-13-15)22-27-20-18(25)6-3-7-19(20)31-22/h3-13H,14H2,1-2H3. The minimum Gasteiger partial charge on any atom is -0.478 e. The number of carbonyl (C=O) groups is 1. The number of aromatic nitrogens is 2. The molecule has 0 bridgehead atoms. The Hall–Kier alpha value is -2.67. The summed E-state index contributed by atoms with van der Waals surface area (Å²) in [6, 6.07) is 16.3. The van der Waals surface area contributed by atoms with Gasteiger partial charge in [-0.2, -0.15) is 0 Å². The Morgan fingerprint density at radius 3 is 2.55 bits per heavy atom. The van der Waals surface area contributed by atoms with Crippen molar-refractivity contribution < 1.29 is 9.53 Å². The van der Waals surface area contributed by atoms with Gasteiger partial charge in [-0.1, -0.05) is 46.7 Å². The molecule has 2 aromatic heterocycles. The van der Waals surface area contributed by atoms with Crippen LogP contribution in [0.3, 0.4) is 0 Å². The molecule has 0 saturated carbocycles. The topological polar surface area (TPSA) is 55.3 Å². The second-order valence-corrected chi connectivity index (χ2v) is 9.25. The summed E-state index contributed by atoms with van der Waals surface area (Å²) in [7, 11) is 0. The first kappa shape index (κ1) is 21.6. The SMILES string of the molecule is CC(C)(Oc1ccc(Cl)cc1)C(=O)N(Cc1cccnc1)c1nc2c(Cl)cccc2s1. The molecule has 0 aliphatic carbocycles. The van der Waals surface area contributed by atoms with Crippen LogP contribution in [0.1, 0.15) is 19.4 Å². The lowest BCUT2D eigenvalue weighted by atomic mass is 10.1. The van der Waals surface area contributed by atoms with Crippen LogP contribution in [0, 0.1) is 0 Å². The lowest BCUT2D eigenvalue weighted by molar-refractivity contribution is -0.131. The van der Waals surface area contributed by atoms with Crippen LogP contribution >= 0.6 is 34.5 Å². The highest BCUT2D eigenvalue weighted by molar-refractivity contribution is 7.22. The number of rotatable bonds is 6. The van der Waals surface area contributed by atoms with Crippen molar-refractivity contribution in [1.29, 1.82) is 0 Å². The zero-order chi connectivity index (χ0) is 22.0. The van der Waals surface area contributed by atoms with Crippen LogP contribution in [0.25, 0.3) is 10.2 Å². The van der Waals surface area contributed by atoms with Crippen molar-refractivity contribution in [3.8, 4) is 5.75 Å². The number of thiazole rings is 1. The fourth-order valence-electron chi connectivity index (χ4n) is 3.09. The van der Waals surface area contributed by atoms with E-state index in [1.54, 1.807) is 61.5 Å². The summed E-state index contributed by atoms with van der Waals surface area (Å²) in [5.41, 5.74) is 0.394. The first-order valence-corrected chi connectivity index (χ1v) is 11.1. The van der Waals surface area contributed by atoms with Crippen molar-refractivity contribution in [2.24, 2.45) is 0 Å². The van der Waals surface area contributed by atoms with Gasteiger partial charge in [0.1, 0.15) is 11.3 Å². The van der Waals surface area contributed by atoms with E-state index in [1.165, 1.54) is 11.3 Å². The van der Waals surface area contributed by atoms with Gasteiger partial charge in [0.15, 0.2) is 10.7 Å². The summed E-state index contributed by atoms with van der Waals surface area (Å²) in [5, 5.41) is 1.69. The number of nitrogens with zero attached hydrogens (tertiary/aromatic N) is 3. The zero-order valence-electron chi connectivity index (χ0n) is 16.9. The molecule has 0 aliphatic heterocycles. The van der Waals surface area contributed by atoms with Gasteiger partial charge < -0.3 is 4.74 Å². The monoisotopic (exact) mass is 471 g/mol. The van der Waals surface area contributed by atoms with Gasteiger partial charge >= 0.3 is 0 Å². The van der Waals surface area contributed by atoms with Crippen molar-refractivity contribution in [2.45, 2.75) is 26.0 Å². The maximum atomic E-state index is 13.7. The van der Waals surface area contributed by atoms with Crippen LogP contribution in [0.5, 0.6) is 5.75 Å². The lowest BCUT2D eigenvalue weighted by Gasteiger charge is -2.31. The van der Waals surface area contributed by atoms with E-state index in [4.69, 9.17) is 27.9 Å². The predicted octanol–water partition coefficient (Wildman–Crippen LogP) is 6.39. The molecule has 0 unspecified atom stereocenters. The molecule has 2 aromatic carbocycles. The van der Waals surface area contributed by atoms with Gasteiger partial charge in [-0.15, -0.1) is 0 Å². The van der Waals surface area contributed by atoms with Crippen LogP contribution in [0.2, 0.25) is 10.0 Å². The number of benzene rings is 2. The van der Waals surface area contributed by atoms with Crippen molar-refractivity contribution in [2.75, 3.05) is 4.90 Å². The number of fused-ring (bicyclic) bond motifs is 1. The van der Waals surface area contributed by atoms with Gasteiger partial charge in [0.25, 0.3) is 5.91 Å². The molecule has 1 amide bonds. The number of ether oxygens (including phenoxy) is 1. The second-order valence-electron chi connectivity index (χ2n) is 7.40. The van der Waals surface area contributed by atoms with Gasteiger partial charge in [-0.3, -0.25) is 14.7 Å². The number of anilines is 1. The Kier molecular flexibility index (Phi) is 6.14. The molecule has 0 radical (unpaired) electrons. The third-order valence-electron chi connectivity index (χ3n) is 4.60. The normalized spacial score (nSPS) is 11.5. The summed E-state index contributed by atoms with van der Waals surface area (Å²) in [6.07, 6.45) is 3.42. The Balaban J connectivity index is 1.70. The minimum atomic E-state index is -1.16. The molecule has 8 heteroatoms. The summed E-state index contributed by atoms with van der Waals surface area (Å²) in [6.45, 7) is 3.78. The number of para-hydroxylation sites is 1. The quantitative estimate of drug-likeness (QED) is 0.326. The number of hydrogen-bond acceptors (Lipinski definition) is 5. The van der Waals surface area contributed by atoms with Gasteiger partial charge in [0, 0.05) is 17.4 Å². The van der Waals surface area contributed by atoms with Crippen LogP contribution in [-0.4, -0.2) is 21.5 Å². The van der Waals surface area contributed by atoms with Crippen LogP contribution in [0.4, 0.5) is 5.13 Å². The molecule has 2 heterocycles. The zero-order valence-corrected chi connectivity index (χ0v) is 19.2. The number of carbonyl (C=O) groups excluding carboxylic acids is 1. The Morgan fingerprint density at radius 2 is 1.87 bits per heavy atom. The minimum absolute atomic E-state index is 0.235. The molecule has 0 atom stereocenters. The fraction of sp³-hybridized carbons (Fsp3) is 0.174. The largest absolute Gasteiger partial charge is 0.478 e. The molecular weight excluding hydrogens is 453 g/mol. The average Bonchev–Trinajstić information content (AvgIpc) is 3.19. The Bertz CT molecular complexity index is 1210. The highest BCUT2D eigenvalue weighted by Crippen LogP contribution is 2.35. The third-order valence-corrected chi connectivity index (χ3v) is 6.20. The number of amides is 1. The molecule has 5 nitrogen and oxygen atoms in total. The van der Waals surface area contributed by atoms with E-state index < -0.39 is 5.60 Å². The fourth-order valence-corrected chi connectivity index (χ4v) is 4.47. The Labute approximate surface area is 194 Å². The first-order valence-electron chi connectivity index (χ1n) is 9.54. The van der Waals surface area contributed by atoms with Crippen molar-refractivity contribution in [3.63, 3.8) is 0 Å². The highest BCUT2D eigenvalue weighted by Gasteiger charge is 2.36. The van der Waals surface area contributed by atoms with E-state index in [0.717, 1.165) is 10.3 Å². The van der Waals surface area contributed by atoms with E-state index in [-0.39, 0.29) is 5.91 Å². The molecule has 31 heavy (non-hydrogen) atoms. The Morgan fingerprint density at radius 1 is 1.10 bits per heavy atom. The molecular formula is C23H19Cl2N3O2S. The maximum Gasteiger partial charge on any atom is 0.272 e. The number of halogens is 2. The number of hydrogen-bond donors (Lipinski definition) is 0. The molecule has 158 valence electrons.